The molecule has 0 atom stereocenters. The van der Waals surface area contributed by atoms with Crippen LogP contribution in [-0.2, 0) is 10.2 Å². The monoisotopic (exact) mass is 410 g/mol. The number of likely N-dealkylation sites (N-methyl/N-ethyl adjacent to an activating group) is 1. The van der Waals surface area contributed by atoms with E-state index in [1.54, 1.807) is 35.2 Å². The highest BCUT2D eigenvalue weighted by Gasteiger charge is 2.57. The first-order chi connectivity index (χ1) is 13.9. The van der Waals surface area contributed by atoms with Crippen molar-refractivity contribution in [2.75, 3.05) is 13.1 Å². The van der Waals surface area contributed by atoms with Gasteiger partial charge in [-0.25, -0.2) is 0 Å². The standard InChI is InChI=1S/C23H23ClN2O3/c1-3-25(4-2)22(29)23(15-8-7-9-16(24)12-15)13-17(14-23)26-20(27)18-10-5-6-11-19(18)21(26)28/h5-12,17H,3-4,13-14H2,1-2H3/t17-,23-. The fourth-order valence-corrected chi connectivity index (χ4v) is 4.79. The summed E-state index contributed by atoms with van der Waals surface area (Å²) in [5, 5.41) is 0.568. The Kier molecular flexibility index (Phi) is 4.95. The largest absolute Gasteiger partial charge is 0.342 e. The van der Waals surface area contributed by atoms with Crippen LogP contribution in [0.5, 0.6) is 0 Å². The maximum Gasteiger partial charge on any atom is 0.261 e. The van der Waals surface area contributed by atoms with E-state index in [2.05, 4.69) is 0 Å². The maximum absolute atomic E-state index is 13.5. The van der Waals surface area contributed by atoms with Gasteiger partial charge < -0.3 is 4.90 Å². The summed E-state index contributed by atoms with van der Waals surface area (Å²) in [6.45, 7) is 5.12. The van der Waals surface area contributed by atoms with Crippen molar-refractivity contribution < 1.29 is 14.4 Å². The summed E-state index contributed by atoms with van der Waals surface area (Å²) in [7, 11) is 0. The van der Waals surface area contributed by atoms with E-state index in [4.69, 9.17) is 11.6 Å². The van der Waals surface area contributed by atoms with Gasteiger partial charge in [0.2, 0.25) is 5.91 Å². The number of halogens is 1. The predicted octanol–water partition coefficient (Wildman–Crippen LogP) is 3.90. The van der Waals surface area contributed by atoms with Crippen molar-refractivity contribution in [2.45, 2.75) is 38.1 Å². The van der Waals surface area contributed by atoms with Crippen LogP contribution in [-0.4, -0.2) is 46.7 Å². The van der Waals surface area contributed by atoms with Crippen LogP contribution < -0.4 is 0 Å². The Hall–Kier alpha value is -2.66. The van der Waals surface area contributed by atoms with Gasteiger partial charge in [0.05, 0.1) is 16.5 Å². The van der Waals surface area contributed by atoms with Gasteiger partial charge in [-0.2, -0.15) is 0 Å². The molecule has 0 unspecified atom stereocenters. The maximum atomic E-state index is 13.5. The number of carbonyl (C=O) groups excluding carboxylic acids is 3. The molecule has 2 aliphatic rings. The number of nitrogens with zero attached hydrogens (tertiary/aromatic N) is 2. The Bertz CT molecular complexity index is 958. The normalized spacial score (nSPS) is 23.0. The Morgan fingerprint density at radius 1 is 1.03 bits per heavy atom. The molecule has 150 valence electrons. The molecule has 3 amide bonds. The van der Waals surface area contributed by atoms with E-state index in [9.17, 15) is 14.4 Å². The van der Waals surface area contributed by atoms with Gasteiger partial charge in [-0.05, 0) is 56.5 Å². The molecule has 2 aromatic rings. The molecule has 6 heteroatoms. The Labute approximate surface area is 175 Å². The minimum absolute atomic E-state index is 0.0256. The van der Waals surface area contributed by atoms with Gasteiger partial charge in [0.25, 0.3) is 11.8 Å². The van der Waals surface area contributed by atoms with Gasteiger partial charge in [0.15, 0.2) is 0 Å². The van der Waals surface area contributed by atoms with E-state index in [0.717, 1.165) is 5.56 Å². The second-order valence-electron chi connectivity index (χ2n) is 7.66. The predicted molar refractivity (Wildman–Crippen MR) is 111 cm³/mol. The SMILES string of the molecule is CCN(CC)C(=O)[C@]1(c2cccc(Cl)c2)C[C@@H](N2C(=O)c3ccccc3C2=O)C1. The minimum atomic E-state index is -0.767. The summed E-state index contributed by atoms with van der Waals surface area (Å²) in [5.74, 6) is -0.520. The van der Waals surface area contributed by atoms with E-state index >= 15 is 0 Å². The molecule has 1 fully saturated rings. The van der Waals surface area contributed by atoms with E-state index in [1.165, 1.54) is 4.90 Å². The molecule has 0 radical (unpaired) electrons. The number of hydrogen-bond acceptors (Lipinski definition) is 3. The van der Waals surface area contributed by atoms with E-state index in [0.29, 0.717) is 42.1 Å². The highest BCUT2D eigenvalue weighted by molar-refractivity contribution is 6.30. The molecule has 0 bridgehead atoms. The fraction of sp³-hybridized carbons (Fsp3) is 0.348. The average Bonchev–Trinajstić information content (AvgIpc) is 2.94. The van der Waals surface area contributed by atoms with Gasteiger partial charge in [-0.1, -0.05) is 35.9 Å². The van der Waals surface area contributed by atoms with Crippen LogP contribution in [0.15, 0.2) is 48.5 Å². The summed E-state index contributed by atoms with van der Waals surface area (Å²) in [4.78, 5) is 42.3. The summed E-state index contributed by atoms with van der Waals surface area (Å²) in [6, 6.07) is 13.9. The zero-order chi connectivity index (χ0) is 20.8. The third-order valence-corrected chi connectivity index (χ3v) is 6.43. The highest BCUT2D eigenvalue weighted by atomic mass is 35.5. The first-order valence-corrected chi connectivity index (χ1v) is 10.3. The van der Waals surface area contributed by atoms with Crippen molar-refractivity contribution in [1.82, 2.24) is 9.80 Å². The molecule has 0 spiro atoms. The van der Waals surface area contributed by atoms with Crippen LogP contribution in [0.4, 0.5) is 0 Å². The summed E-state index contributed by atoms with van der Waals surface area (Å²) < 4.78 is 0. The summed E-state index contributed by atoms with van der Waals surface area (Å²) >= 11 is 6.21. The highest BCUT2D eigenvalue weighted by Crippen LogP contribution is 2.49. The van der Waals surface area contributed by atoms with Gasteiger partial charge in [-0.3, -0.25) is 19.3 Å². The molecule has 5 nitrogen and oxygen atoms in total. The quantitative estimate of drug-likeness (QED) is 0.702. The van der Waals surface area contributed by atoms with Gasteiger partial charge >= 0.3 is 0 Å². The van der Waals surface area contributed by atoms with Gasteiger partial charge in [0.1, 0.15) is 0 Å². The first kappa shape index (κ1) is 19.6. The van der Waals surface area contributed by atoms with E-state index < -0.39 is 5.41 Å². The zero-order valence-electron chi connectivity index (χ0n) is 16.5. The summed E-state index contributed by atoms with van der Waals surface area (Å²) in [5.41, 5.74) is 0.951. The lowest BCUT2D eigenvalue weighted by Crippen LogP contribution is -2.61. The average molecular weight is 411 g/mol. The molecule has 0 saturated heterocycles. The fourth-order valence-electron chi connectivity index (χ4n) is 4.60. The number of fused-ring (bicyclic) bond motifs is 1. The van der Waals surface area contributed by atoms with Crippen LogP contribution >= 0.6 is 11.6 Å². The molecule has 4 rings (SSSR count). The molecule has 0 aromatic heterocycles. The lowest BCUT2D eigenvalue weighted by molar-refractivity contribution is -0.142. The van der Waals surface area contributed by atoms with Crippen LogP contribution in [0.2, 0.25) is 5.02 Å². The number of imide groups is 1. The zero-order valence-corrected chi connectivity index (χ0v) is 17.3. The molecule has 0 N–H and O–H groups in total. The summed E-state index contributed by atoms with van der Waals surface area (Å²) in [6.07, 6.45) is 0.822. The molecule has 1 heterocycles. The van der Waals surface area contributed by atoms with Crippen molar-refractivity contribution in [2.24, 2.45) is 0 Å². The molecule has 1 aliphatic heterocycles. The van der Waals surface area contributed by atoms with Crippen molar-refractivity contribution in [3.8, 4) is 0 Å². The smallest absolute Gasteiger partial charge is 0.261 e. The second-order valence-corrected chi connectivity index (χ2v) is 8.09. The van der Waals surface area contributed by atoms with Crippen molar-refractivity contribution in [3.63, 3.8) is 0 Å². The number of carbonyl (C=O) groups is 3. The molecule has 1 aliphatic carbocycles. The number of rotatable bonds is 5. The second kappa shape index (κ2) is 7.30. The minimum Gasteiger partial charge on any atom is -0.342 e. The number of benzene rings is 2. The van der Waals surface area contributed by atoms with E-state index in [1.807, 2.05) is 32.0 Å². The van der Waals surface area contributed by atoms with Crippen LogP contribution in [0, 0.1) is 0 Å². The van der Waals surface area contributed by atoms with Crippen molar-refractivity contribution in [3.05, 3.63) is 70.2 Å². The molecular formula is C23H23ClN2O3. The number of amides is 3. The topological polar surface area (TPSA) is 57.7 Å². The third kappa shape index (κ3) is 2.96. The Morgan fingerprint density at radius 3 is 2.14 bits per heavy atom. The molecule has 29 heavy (non-hydrogen) atoms. The lowest BCUT2D eigenvalue weighted by Gasteiger charge is -2.50. The van der Waals surface area contributed by atoms with Gasteiger partial charge in [-0.15, -0.1) is 0 Å². The third-order valence-electron chi connectivity index (χ3n) is 6.20. The van der Waals surface area contributed by atoms with E-state index in [-0.39, 0.29) is 23.8 Å². The Morgan fingerprint density at radius 2 is 1.62 bits per heavy atom. The van der Waals surface area contributed by atoms with Crippen molar-refractivity contribution in [1.29, 1.82) is 0 Å². The molecule has 2 aromatic carbocycles. The lowest BCUT2D eigenvalue weighted by atomic mass is 9.60. The Balaban J connectivity index is 1.67. The number of hydrogen-bond donors (Lipinski definition) is 0. The van der Waals surface area contributed by atoms with Crippen LogP contribution in [0.3, 0.4) is 0 Å². The molecule has 1 saturated carbocycles. The van der Waals surface area contributed by atoms with Crippen LogP contribution in [0.25, 0.3) is 0 Å². The van der Waals surface area contributed by atoms with Crippen molar-refractivity contribution >= 4 is 29.3 Å². The van der Waals surface area contributed by atoms with Gasteiger partial charge in [0, 0.05) is 24.2 Å². The first-order valence-electron chi connectivity index (χ1n) is 9.95. The molecular weight excluding hydrogens is 388 g/mol. The van der Waals surface area contributed by atoms with Crippen LogP contribution in [0.1, 0.15) is 53.0 Å².